The molecular weight excluding hydrogens is 525 g/mol. The van der Waals surface area contributed by atoms with Crippen LogP contribution in [-0.2, 0) is 12.5 Å². The molecule has 0 aromatic heterocycles. The quantitative estimate of drug-likeness (QED) is 0.166. The van der Waals surface area contributed by atoms with Crippen molar-refractivity contribution in [3.05, 3.63) is 82.4 Å². The van der Waals surface area contributed by atoms with Gasteiger partial charge in [0.2, 0.25) is 0 Å². The molecule has 202 valence electrons. The Morgan fingerprint density at radius 1 is 1.00 bits per heavy atom. The predicted octanol–water partition coefficient (Wildman–Crippen LogP) is 9.71. The lowest BCUT2D eigenvalue weighted by Gasteiger charge is -2.25. The molecule has 37 heavy (non-hydrogen) atoms. The second-order valence-corrected chi connectivity index (χ2v) is 9.36. The van der Waals surface area contributed by atoms with Crippen LogP contribution in [0.5, 0.6) is 11.5 Å². The first-order valence-corrected chi connectivity index (χ1v) is 12.3. The molecule has 2 aromatic carbocycles. The molecule has 1 aliphatic rings. The average Bonchev–Trinajstić information content (AvgIpc) is 2.80. The first-order chi connectivity index (χ1) is 17.5. The highest BCUT2D eigenvalue weighted by molar-refractivity contribution is 6.31. The van der Waals surface area contributed by atoms with Crippen LogP contribution in [0.3, 0.4) is 0 Å². The first kappa shape index (κ1) is 28.9. The third-order valence-corrected chi connectivity index (χ3v) is 6.65. The standard InChI is InChI=1S/C27H26ClF7O2/c1-2-16-7-9-17(10-8-16)5-3-4-6-18-11-20(28)25(21(29)12-18)27(34,35)37-19-13-22(30)26(23(31)14-19)36-15-24(32)33/h3,5,11-17H,2,4,6-10H2,1H3. The maximum atomic E-state index is 14.7. The lowest BCUT2D eigenvalue weighted by molar-refractivity contribution is -0.187. The Balaban J connectivity index is 1.66. The molecule has 0 N–H and O–H groups in total. The van der Waals surface area contributed by atoms with Crippen LogP contribution in [0, 0.1) is 29.3 Å². The van der Waals surface area contributed by atoms with Crippen molar-refractivity contribution in [1.82, 2.24) is 0 Å². The van der Waals surface area contributed by atoms with Crippen molar-refractivity contribution in [1.29, 1.82) is 0 Å². The fraction of sp³-hybridized carbons (Fsp3) is 0.407. The molecule has 0 aliphatic heterocycles. The Morgan fingerprint density at radius 3 is 2.22 bits per heavy atom. The van der Waals surface area contributed by atoms with Gasteiger partial charge in [0, 0.05) is 12.1 Å². The van der Waals surface area contributed by atoms with E-state index in [0.717, 1.165) is 24.8 Å². The van der Waals surface area contributed by atoms with Gasteiger partial charge in [-0.25, -0.2) is 13.2 Å². The Morgan fingerprint density at radius 2 is 1.65 bits per heavy atom. The molecule has 2 nitrogen and oxygen atoms in total. The largest absolute Gasteiger partial charge is 0.453 e. The van der Waals surface area contributed by atoms with Crippen LogP contribution in [-0.4, -0.2) is 0 Å². The van der Waals surface area contributed by atoms with E-state index in [0.29, 0.717) is 24.3 Å². The normalized spacial score (nSPS) is 18.2. The molecule has 1 fully saturated rings. The first-order valence-electron chi connectivity index (χ1n) is 11.9. The third kappa shape index (κ3) is 7.90. The summed E-state index contributed by atoms with van der Waals surface area (Å²) in [6, 6.07) is 2.68. The van der Waals surface area contributed by atoms with Crippen molar-refractivity contribution < 1.29 is 40.2 Å². The molecule has 2 aromatic rings. The molecule has 1 saturated carbocycles. The molecule has 0 heterocycles. The zero-order chi connectivity index (χ0) is 27.2. The lowest BCUT2D eigenvalue weighted by atomic mass is 9.81. The van der Waals surface area contributed by atoms with Crippen LogP contribution in [0.4, 0.5) is 30.7 Å². The van der Waals surface area contributed by atoms with Crippen LogP contribution < -0.4 is 9.47 Å². The molecule has 0 radical (unpaired) electrons. The molecule has 0 saturated heterocycles. The highest BCUT2D eigenvalue weighted by Crippen LogP contribution is 2.40. The minimum Gasteiger partial charge on any atom is -0.453 e. The summed E-state index contributed by atoms with van der Waals surface area (Å²) in [6.45, 7) is 2.20. The number of alkyl halides is 2. The van der Waals surface area contributed by atoms with Gasteiger partial charge in [-0.2, -0.15) is 17.6 Å². The van der Waals surface area contributed by atoms with Gasteiger partial charge in [-0.05, 0) is 68.1 Å². The molecular formula is C27H26ClF7O2. The van der Waals surface area contributed by atoms with E-state index in [4.69, 9.17) is 11.6 Å². The Bertz CT molecular complexity index is 1090. The monoisotopic (exact) mass is 550 g/mol. The molecule has 1 aliphatic carbocycles. The lowest BCUT2D eigenvalue weighted by Crippen LogP contribution is -2.24. The SMILES string of the molecule is CCC1CCC(C=CCCc2cc(F)c(C(F)(F)Oc3cc(F)c(OC=C(F)F)c(F)c3)c(Cl)c2)CC1. The summed E-state index contributed by atoms with van der Waals surface area (Å²) < 4.78 is 105. The molecule has 0 spiro atoms. The van der Waals surface area contributed by atoms with Gasteiger partial charge in [0.05, 0.1) is 5.02 Å². The van der Waals surface area contributed by atoms with Gasteiger partial charge in [-0.1, -0.05) is 37.1 Å². The molecule has 0 amide bonds. The Labute approximate surface area is 215 Å². The maximum Gasteiger partial charge on any atom is 0.431 e. The van der Waals surface area contributed by atoms with Crippen LogP contribution >= 0.6 is 11.6 Å². The van der Waals surface area contributed by atoms with Gasteiger partial charge >= 0.3 is 12.2 Å². The fourth-order valence-electron chi connectivity index (χ4n) is 4.39. The number of hydrogen-bond acceptors (Lipinski definition) is 2. The molecule has 10 heteroatoms. The average molecular weight is 551 g/mol. The number of allylic oxidation sites excluding steroid dienone is 2. The number of rotatable bonds is 10. The minimum absolute atomic E-state index is 0.222. The van der Waals surface area contributed by atoms with E-state index < -0.39 is 51.7 Å². The molecule has 0 bridgehead atoms. The smallest absolute Gasteiger partial charge is 0.431 e. The van der Waals surface area contributed by atoms with Crippen molar-refractivity contribution >= 4 is 11.6 Å². The third-order valence-electron chi connectivity index (χ3n) is 6.35. The van der Waals surface area contributed by atoms with Gasteiger partial charge < -0.3 is 9.47 Å². The van der Waals surface area contributed by atoms with E-state index >= 15 is 0 Å². The van der Waals surface area contributed by atoms with Crippen molar-refractivity contribution in [2.45, 2.75) is 58.0 Å². The summed E-state index contributed by atoms with van der Waals surface area (Å²) in [5, 5.41) is -0.619. The zero-order valence-corrected chi connectivity index (χ0v) is 20.7. The van der Waals surface area contributed by atoms with E-state index in [1.807, 2.05) is 6.08 Å². The maximum absolute atomic E-state index is 14.7. The summed E-state index contributed by atoms with van der Waals surface area (Å²) in [4.78, 5) is 0. The predicted molar refractivity (Wildman–Crippen MR) is 126 cm³/mol. The second kappa shape index (κ2) is 12.7. The van der Waals surface area contributed by atoms with Crippen LogP contribution in [0.2, 0.25) is 5.02 Å². The van der Waals surface area contributed by atoms with Crippen LogP contribution in [0.1, 0.15) is 56.6 Å². The highest BCUT2D eigenvalue weighted by atomic mass is 35.5. The van der Waals surface area contributed by atoms with Crippen LogP contribution in [0.25, 0.3) is 0 Å². The van der Waals surface area contributed by atoms with E-state index in [1.54, 1.807) is 0 Å². The molecule has 3 rings (SSSR count). The van der Waals surface area contributed by atoms with E-state index in [9.17, 15) is 30.7 Å². The van der Waals surface area contributed by atoms with Crippen molar-refractivity contribution in [2.75, 3.05) is 0 Å². The van der Waals surface area contributed by atoms with Gasteiger partial charge in [0.15, 0.2) is 23.6 Å². The number of halogens is 8. The summed E-state index contributed by atoms with van der Waals surface area (Å²) in [5.74, 6) is -5.50. The number of benzene rings is 2. The van der Waals surface area contributed by atoms with Gasteiger partial charge in [-0.15, -0.1) is 0 Å². The fourth-order valence-corrected chi connectivity index (χ4v) is 4.73. The number of aryl methyl sites for hydroxylation is 1. The van der Waals surface area contributed by atoms with Gasteiger partial charge in [0.1, 0.15) is 17.1 Å². The summed E-state index contributed by atoms with van der Waals surface area (Å²) in [7, 11) is 0. The van der Waals surface area contributed by atoms with Gasteiger partial charge in [-0.3, -0.25) is 0 Å². The summed E-state index contributed by atoms with van der Waals surface area (Å²) >= 11 is 5.94. The van der Waals surface area contributed by atoms with E-state index in [2.05, 4.69) is 22.5 Å². The van der Waals surface area contributed by atoms with E-state index in [1.165, 1.54) is 25.3 Å². The number of ether oxygens (including phenoxy) is 2. The van der Waals surface area contributed by atoms with E-state index in [-0.39, 0.29) is 18.4 Å². The summed E-state index contributed by atoms with van der Waals surface area (Å²) in [6.07, 6.45) is 3.98. The Kier molecular flexibility index (Phi) is 9.93. The molecule has 0 atom stereocenters. The van der Waals surface area contributed by atoms with Gasteiger partial charge in [0.25, 0.3) is 0 Å². The van der Waals surface area contributed by atoms with Crippen molar-refractivity contribution in [3.63, 3.8) is 0 Å². The van der Waals surface area contributed by atoms with Crippen molar-refractivity contribution in [2.24, 2.45) is 11.8 Å². The minimum atomic E-state index is -4.40. The zero-order valence-electron chi connectivity index (χ0n) is 20.0. The Hall–Kier alpha value is -2.68. The highest BCUT2D eigenvalue weighted by Gasteiger charge is 2.40. The topological polar surface area (TPSA) is 18.5 Å². The van der Waals surface area contributed by atoms with Crippen molar-refractivity contribution in [3.8, 4) is 11.5 Å². The van der Waals surface area contributed by atoms with Crippen LogP contribution in [0.15, 0.2) is 48.8 Å². The second-order valence-electron chi connectivity index (χ2n) is 8.95. The summed E-state index contributed by atoms with van der Waals surface area (Å²) in [5.41, 5.74) is -0.905. The molecule has 0 unspecified atom stereocenters. The number of hydrogen-bond donors (Lipinski definition) is 0.